The van der Waals surface area contributed by atoms with Crippen LogP contribution in [0.3, 0.4) is 0 Å². The first-order valence-electron chi connectivity index (χ1n) is 7.73. The van der Waals surface area contributed by atoms with Gasteiger partial charge in [0.05, 0.1) is 5.69 Å². The number of pyridine rings is 1. The Labute approximate surface area is 137 Å². The van der Waals surface area contributed by atoms with Crippen molar-refractivity contribution in [2.45, 2.75) is 13.8 Å². The molecule has 3 aromatic rings. The molecule has 0 spiro atoms. The van der Waals surface area contributed by atoms with Crippen LogP contribution in [0.2, 0.25) is 0 Å². The van der Waals surface area contributed by atoms with E-state index < -0.39 is 0 Å². The van der Waals surface area contributed by atoms with E-state index in [9.17, 15) is 0 Å². The van der Waals surface area contributed by atoms with Crippen molar-refractivity contribution in [1.82, 2.24) is 4.98 Å². The van der Waals surface area contributed by atoms with Crippen LogP contribution in [-0.4, -0.2) is 4.98 Å². The van der Waals surface area contributed by atoms with Crippen molar-refractivity contribution < 1.29 is 0 Å². The molecule has 0 aliphatic rings. The molecule has 2 heteroatoms. The highest BCUT2D eigenvalue weighted by atomic mass is 14.7. The van der Waals surface area contributed by atoms with E-state index >= 15 is 0 Å². The molecule has 0 atom stereocenters. The van der Waals surface area contributed by atoms with Gasteiger partial charge in [0.1, 0.15) is 0 Å². The smallest absolute Gasteiger partial charge is 0.0780 e. The molecular weight excluding hydrogens is 280 g/mol. The van der Waals surface area contributed by atoms with Crippen LogP contribution in [0.1, 0.15) is 18.1 Å². The molecule has 2 N–H and O–H groups in total. The van der Waals surface area contributed by atoms with Crippen molar-refractivity contribution in [2.24, 2.45) is 0 Å². The topological polar surface area (TPSA) is 38.9 Å². The van der Waals surface area contributed by atoms with E-state index in [1.807, 2.05) is 37.4 Å². The standard InChI is InChI=1S/C21H20N2/c1-3-6-16-10-11-17(14-20(16)22)19-9-5-12-23-21(19)18-8-4-7-15(2)13-18/h3-14H,22H2,1-2H3/b6-3+. The average Bonchev–Trinajstić information content (AvgIpc) is 2.57. The van der Waals surface area contributed by atoms with Gasteiger partial charge in [0.2, 0.25) is 0 Å². The van der Waals surface area contributed by atoms with Crippen LogP contribution in [0.5, 0.6) is 0 Å². The zero-order valence-corrected chi connectivity index (χ0v) is 13.5. The summed E-state index contributed by atoms with van der Waals surface area (Å²) in [5.74, 6) is 0. The Morgan fingerprint density at radius 2 is 1.83 bits per heavy atom. The third-order valence-electron chi connectivity index (χ3n) is 3.84. The number of allylic oxidation sites excluding steroid dienone is 1. The van der Waals surface area contributed by atoms with E-state index in [0.29, 0.717) is 0 Å². The van der Waals surface area contributed by atoms with Gasteiger partial charge in [-0.3, -0.25) is 4.98 Å². The number of hydrogen-bond acceptors (Lipinski definition) is 2. The highest BCUT2D eigenvalue weighted by molar-refractivity contribution is 5.83. The summed E-state index contributed by atoms with van der Waals surface area (Å²) in [6.07, 6.45) is 5.84. The lowest BCUT2D eigenvalue weighted by Gasteiger charge is -2.11. The minimum Gasteiger partial charge on any atom is -0.398 e. The van der Waals surface area contributed by atoms with E-state index in [0.717, 1.165) is 33.6 Å². The summed E-state index contributed by atoms with van der Waals surface area (Å²) in [5.41, 5.74) is 13.5. The molecule has 0 aliphatic carbocycles. The monoisotopic (exact) mass is 300 g/mol. The molecule has 114 valence electrons. The number of aromatic nitrogens is 1. The van der Waals surface area contributed by atoms with E-state index in [2.05, 4.69) is 54.4 Å². The maximum atomic E-state index is 6.19. The van der Waals surface area contributed by atoms with E-state index in [4.69, 9.17) is 5.73 Å². The van der Waals surface area contributed by atoms with Gasteiger partial charge < -0.3 is 5.73 Å². The Morgan fingerprint density at radius 1 is 0.957 bits per heavy atom. The minimum atomic E-state index is 0.777. The highest BCUT2D eigenvalue weighted by Gasteiger charge is 2.09. The van der Waals surface area contributed by atoms with Crippen LogP contribution in [0.15, 0.2) is 66.9 Å². The first-order valence-corrected chi connectivity index (χ1v) is 7.73. The summed E-state index contributed by atoms with van der Waals surface area (Å²) in [6, 6.07) is 18.6. The minimum absolute atomic E-state index is 0.777. The SMILES string of the molecule is C/C=C/c1ccc(-c2cccnc2-c2cccc(C)c2)cc1N. The first kappa shape index (κ1) is 15.0. The fourth-order valence-corrected chi connectivity index (χ4v) is 2.73. The Hall–Kier alpha value is -2.87. The summed E-state index contributed by atoms with van der Waals surface area (Å²) in [7, 11) is 0. The number of nitrogens with two attached hydrogens (primary N) is 1. The van der Waals surface area contributed by atoms with Crippen molar-refractivity contribution >= 4 is 11.8 Å². The predicted octanol–water partition coefficient (Wildman–Crippen LogP) is 5.34. The van der Waals surface area contributed by atoms with E-state index in [1.54, 1.807) is 0 Å². The molecule has 1 heterocycles. The van der Waals surface area contributed by atoms with Crippen molar-refractivity contribution in [3.8, 4) is 22.4 Å². The van der Waals surface area contributed by atoms with Crippen LogP contribution in [0, 0.1) is 6.92 Å². The maximum Gasteiger partial charge on any atom is 0.0780 e. The molecule has 0 aliphatic heterocycles. The molecular formula is C21H20N2. The van der Waals surface area contributed by atoms with Gasteiger partial charge in [-0.25, -0.2) is 0 Å². The molecule has 0 saturated heterocycles. The Balaban J connectivity index is 2.13. The van der Waals surface area contributed by atoms with Gasteiger partial charge in [-0.1, -0.05) is 54.1 Å². The summed E-state index contributed by atoms with van der Waals surface area (Å²) < 4.78 is 0. The maximum absolute atomic E-state index is 6.19. The van der Waals surface area contributed by atoms with Crippen LogP contribution >= 0.6 is 0 Å². The van der Waals surface area contributed by atoms with Crippen LogP contribution < -0.4 is 5.73 Å². The van der Waals surface area contributed by atoms with Gasteiger partial charge in [-0.2, -0.15) is 0 Å². The molecule has 0 bridgehead atoms. The lowest BCUT2D eigenvalue weighted by atomic mass is 9.97. The molecule has 2 nitrogen and oxygen atoms in total. The molecule has 0 saturated carbocycles. The summed E-state index contributed by atoms with van der Waals surface area (Å²) in [5, 5.41) is 0. The zero-order chi connectivity index (χ0) is 16.2. The van der Waals surface area contributed by atoms with E-state index in [1.165, 1.54) is 5.56 Å². The van der Waals surface area contributed by atoms with Gasteiger partial charge in [0.15, 0.2) is 0 Å². The van der Waals surface area contributed by atoms with Crippen LogP contribution in [0.4, 0.5) is 5.69 Å². The largest absolute Gasteiger partial charge is 0.398 e. The molecule has 3 rings (SSSR count). The lowest BCUT2D eigenvalue weighted by Crippen LogP contribution is -1.93. The summed E-state index contributed by atoms with van der Waals surface area (Å²) in [6.45, 7) is 4.08. The quantitative estimate of drug-likeness (QED) is 0.663. The second-order valence-corrected chi connectivity index (χ2v) is 5.61. The Bertz CT molecular complexity index is 863. The van der Waals surface area contributed by atoms with Gasteiger partial charge >= 0.3 is 0 Å². The summed E-state index contributed by atoms with van der Waals surface area (Å²) >= 11 is 0. The number of anilines is 1. The summed E-state index contributed by atoms with van der Waals surface area (Å²) in [4.78, 5) is 4.60. The van der Waals surface area contributed by atoms with Crippen molar-refractivity contribution in [3.05, 3.63) is 78.0 Å². The lowest BCUT2D eigenvalue weighted by molar-refractivity contribution is 1.32. The second kappa shape index (κ2) is 6.49. The van der Waals surface area contributed by atoms with Gasteiger partial charge in [-0.15, -0.1) is 0 Å². The number of hydrogen-bond donors (Lipinski definition) is 1. The number of nitrogen functional groups attached to an aromatic ring is 1. The molecule has 1 aromatic heterocycles. The fraction of sp³-hybridized carbons (Fsp3) is 0.0952. The molecule has 0 unspecified atom stereocenters. The van der Waals surface area contributed by atoms with Gasteiger partial charge in [0, 0.05) is 23.0 Å². The van der Waals surface area contributed by atoms with Crippen LogP contribution in [0.25, 0.3) is 28.5 Å². The molecule has 0 amide bonds. The van der Waals surface area contributed by atoms with Gasteiger partial charge in [-0.05, 0) is 43.2 Å². The number of rotatable bonds is 3. The number of aryl methyl sites for hydroxylation is 1. The molecule has 0 fully saturated rings. The number of nitrogens with zero attached hydrogens (tertiary/aromatic N) is 1. The van der Waals surface area contributed by atoms with Crippen molar-refractivity contribution in [2.75, 3.05) is 5.73 Å². The fourth-order valence-electron chi connectivity index (χ4n) is 2.73. The zero-order valence-electron chi connectivity index (χ0n) is 13.5. The third-order valence-corrected chi connectivity index (χ3v) is 3.84. The molecule has 0 radical (unpaired) electrons. The Kier molecular flexibility index (Phi) is 4.24. The molecule has 23 heavy (non-hydrogen) atoms. The second-order valence-electron chi connectivity index (χ2n) is 5.61. The average molecular weight is 300 g/mol. The predicted molar refractivity (Wildman–Crippen MR) is 99.0 cm³/mol. The number of benzene rings is 2. The van der Waals surface area contributed by atoms with Crippen LogP contribution in [-0.2, 0) is 0 Å². The Morgan fingerprint density at radius 3 is 2.57 bits per heavy atom. The highest BCUT2D eigenvalue weighted by Crippen LogP contribution is 2.32. The van der Waals surface area contributed by atoms with Gasteiger partial charge in [0.25, 0.3) is 0 Å². The first-order chi connectivity index (χ1) is 11.2. The van der Waals surface area contributed by atoms with Crippen molar-refractivity contribution in [1.29, 1.82) is 0 Å². The van der Waals surface area contributed by atoms with E-state index in [-0.39, 0.29) is 0 Å². The molecule has 2 aromatic carbocycles. The third kappa shape index (κ3) is 3.16. The normalized spacial score (nSPS) is 11.0. The van der Waals surface area contributed by atoms with Crippen molar-refractivity contribution in [3.63, 3.8) is 0 Å².